The van der Waals surface area contributed by atoms with Crippen molar-refractivity contribution in [3.8, 4) is 0 Å². The van der Waals surface area contributed by atoms with Gasteiger partial charge in [0.05, 0.1) is 22.8 Å². The summed E-state index contributed by atoms with van der Waals surface area (Å²) in [6, 6.07) is 3.41. The molecule has 2 amide bonds. The van der Waals surface area contributed by atoms with Crippen LogP contribution in [0.15, 0.2) is 12.1 Å². The Labute approximate surface area is 91.6 Å². The number of hydrogen-bond donors (Lipinski definition) is 2. The molecule has 0 spiro atoms. The normalized spacial score (nSPS) is 15.1. The van der Waals surface area contributed by atoms with Gasteiger partial charge in [0, 0.05) is 0 Å². The Balaban J connectivity index is 2.66. The van der Waals surface area contributed by atoms with Crippen molar-refractivity contribution in [2.24, 2.45) is 0 Å². The molecule has 1 aromatic rings. The van der Waals surface area contributed by atoms with Crippen molar-refractivity contribution in [1.29, 1.82) is 0 Å². The number of halogens is 1. The predicted molar refractivity (Wildman–Crippen MR) is 57.2 cm³/mol. The maximum absolute atomic E-state index is 11.7. The zero-order chi connectivity index (χ0) is 11.0. The molecule has 0 aliphatic carbocycles. The van der Waals surface area contributed by atoms with Crippen molar-refractivity contribution < 1.29 is 9.59 Å². The second kappa shape index (κ2) is 3.55. The van der Waals surface area contributed by atoms with Crippen molar-refractivity contribution in [2.45, 2.75) is 6.92 Å². The minimum Gasteiger partial charge on any atom is -0.343 e. The van der Waals surface area contributed by atoms with Gasteiger partial charge >= 0.3 is 0 Å². The van der Waals surface area contributed by atoms with E-state index < -0.39 is 0 Å². The van der Waals surface area contributed by atoms with E-state index in [1.165, 1.54) is 0 Å². The highest BCUT2D eigenvalue weighted by molar-refractivity contribution is 6.35. The molecule has 0 radical (unpaired) electrons. The zero-order valence-electron chi connectivity index (χ0n) is 8.06. The van der Waals surface area contributed by atoms with Gasteiger partial charge in [-0.1, -0.05) is 17.7 Å². The molecule has 0 aromatic heterocycles. The Morgan fingerprint density at radius 1 is 1.33 bits per heavy atom. The molecular formula is C10H9ClN2O2. The van der Waals surface area contributed by atoms with E-state index in [2.05, 4.69) is 10.6 Å². The van der Waals surface area contributed by atoms with E-state index in [1.54, 1.807) is 19.1 Å². The van der Waals surface area contributed by atoms with Crippen LogP contribution in [0.25, 0.3) is 0 Å². The van der Waals surface area contributed by atoms with Crippen LogP contribution >= 0.6 is 11.6 Å². The number of fused-ring (bicyclic) bond motifs is 1. The fourth-order valence-electron chi connectivity index (χ4n) is 1.53. The minimum absolute atomic E-state index is 0.0245. The van der Waals surface area contributed by atoms with Gasteiger partial charge in [0.2, 0.25) is 5.91 Å². The number of amides is 2. The monoisotopic (exact) mass is 224 g/mol. The second-order valence-electron chi connectivity index (χ2n) is 3.35. The van der Waals surface area contributed by atoms with Crippen LogP contribution in [0, 0.1) is 6.92 Å². The Bertz CT molecular complexity index is 457. The van der Waals surface area contributed by atoms with Gasteiger partial charge in [-0.05, 0) is 18.6 Å². The van der Waals surface area contributed by atoms with Crippen LogP contribution in [0.2, 0.25) is 5.02 Å². The molecular weight excluding hydrogens is 216 g/mol. The molecule has 5 heteroatoms. The molecule has 78 valence electrons. The van der Waals surface area contributed by atoms with Gasteiger partial charge in [-0.2, -0.15) is 0 Å². The molecule has 0 atom stereocenters. The van der Waals surface area contributed by atoms with E-state index >= 15 is 0 Å². The van der Waals surface area contributed by atoms with E-state index in [-0.39, 0.29) is 18.4 Å². The van der Waals surface area contributed by atoms with Crippen LogP contribution in [0.1, 0.15) is 15.9 Å². The first-order chi connectivity index (χ1) is 7.09. The molecule has 2 N–H and O–H groups in total. The predicted octanol–water partition coefficient (Wildman–Crippen LogP) is 1.33. The van der Waals surface area contributed by atoms with Gasteiger partial charge in [0.15, 0.2) is 0 Å². The average molecular weight is 225 g/mol. The minimum atomic E-state index is -0.275. The molecule has 0 fully saturated rings. The van der Waals surface area contributed by atoms with Crippen molar-refractivity contribution in [3.63, 3.8) is 0 Å². The third-order valence-electron chi connectivity index (χ3n) is 2.26. The first kappa shape index (κ1) is 9.98. The zero-order valence-corrected chi connectivity index (χ0v) is 8.81. The van der Waals surface area contributed by atoms with Gasteiger partial charge in [-0.25, -0.2) is 0 Å². The third-order valence-corrected chi connectivity index (χ3v) is 2.58. The second-order valence-corrected chi connectivity index (χ2v) is 3.75. The first-order valence-electron chi connectivity index (χ1n) is 4.47. The van der Waals surface area contributed by atoms with E-state index in [4.69, 9.17) is 11.6 Å². The fraction of sp³-hybridized carbons (Fsp3) is 0.200. The lowest BCUT2D eigenvalue weighted by molar-refractivity contribution is -0.115. The Kier molecular flexibility index (Phi) is 2.36. The number of rotatable bonds is 0. The molecule has 1 heterocycles. The van der Waals surface area contributed by atoms with Gasteiger partial charge in [-0.15, -0.1) is 0 Å². The summed E-state index contributed by atoms with van der Waals surface area (Å²) in [4.78, 5) is 22.9. The SMILES string of the molecule is Cc1ccc(Cl)c2c1C(=O)NCC(=O)N2. The van der Waals surface area contributed by atoms with Crippen molar-refractivity contribution in [3.05, 3.63) is 28.3 Å². The van der Waals surface area contributed by atoms with Crippen LogP contribution in [0.5, 0.6) is 0 Å². The van der Waals surface area contributed by atoms with Crippen LogP contribution in [0.3, 0.4) is 0 Å². The number of hydrogen-bond acceptors (Lipinski definition) is 2. The lowest BCUT2D eigenvalue weighted by atomic mass is 10.1. The number of aryl methyl sites for hydroxylation is 1. The standard InChI is InChI=1S/C10H9ClN2O2/c1-5-2-3-6(11)9-8(5)10(15)12-4-7(14)13-9/h2-3H,4H2,1H3,(H,12,15)(H,13,14). The van der Waals surface area contributed by atoms with Crippen LogP contribution in [-0.4, -0.2) is 18.4 Å². The average Bonchev–Trinajstić information content (AvgIpc) is 2.34. The van der Waals surface area contributed by atoms with Gasteiger partial charge < -0.3 is 10.6 Å². The molecule has 1 aromatic carbocycles. The Morgan fingerprint density at radius 2 is 2.07 bits per heavy atom. The first-order valence-corrected chi connectivity index (χ1v) is 4.84. The highest BCUT2D eigenvalue weighted by Gasteiger charge is 2.22. The van der Waals surface area contributed by atoms with Crippen LogP contribution in [0.4, 0.5) is 5.69 Å². The Hall–Kier alpha value is -1.55. The number of carbonyl (C=O) groups is 2. The number of anilines is 1. The summed E-state index contributed by atoms with van der Waals surface area (Å²) >= 11 is 5.92. The van der Waals surface area contributed by atoms with Crippen LogP contribution in [-0.2, 0) is 4.79 Å². The lowest BCUT2D eigenvalue weighted by Crippen LogP contribution is -2.28. The van der Waals surface area contributed by atoms with E-state index in [1.807, 2.05) is 0 Å². The summed E-state index contributed by atoms with van der Waals surface area (Å²) in [6.07, 6.45) is 0. The summed E-state index contributed by atoms with van der Waals surface area (Å²) in [6.45, 7) is 1.77. The van der Waals surface area contributed by atoms with Crippen molar-refractivity contribution in [1.82, 2.24) is 5.32 Å². The quantitative estimate of drug-likeness (QED) is 0.699. The maximum Gasteiger partial charge on any atom is 0.254 e. The van der Waals surface area contributed by atoms with Gasteiger partial charge in [0.25, 0.3) is 5.91 Å². The lowest BCUT2D eigenvalue weighted by Gasteiger charge is -2.09. The smallest absolute Gasteiger partial charge is 0.254 e. The molecule has 4 nitrogen and oxygen atoms in total. The molecule has 15 heavy (non-hydrogen) atoms. The molecule has 2 rings (SSSR count). The molecule has 1 aliphatic heterocycles. The maximum atomic E-state index is 11.7. The van der Waals surface area contributed by atoms with E-state index in [9.17, 15) is 9.59 Å². The number of carbonyl (C=O) groups excluding carboxylic acids is 2. The van der Waals surface area contributed by atoms with Crippen molar-refractivity contribution in [2.75, 3.05) is 11.9 Å². The molecule has 1 aliphatic rings. The summed E-state index contributed by atoms with van der Waals surface area (Å²) < 4.78 is 0. The van der Waals surface area contributed by atoms with Gasteiger partial charge in [0.1, 0.15) is 0 Å². The Morgan fingerprint density at radius 3 is 2.80 bits per heavy atom. The summed E-state index contributed by atoms with van der Waals surface area (Å²) in [5.41, 5.74) is 1.62. The summed E-state index contributed by atoms with van der Waals surface area (Å²) in [7, 11) is 0. The molecule has 0 saturated heterocycles. The van der Waals surface area contributed by atoms with Crippen LogP contribution < -0.4 is 10.6 Å². The van der Waals surface area contributed by atoms with E-state index in [0.29, 0.717) is 16.3 Å². The highest BCUT2D eigenvalue weighted by Crippen LogP contribution is 2.29. The number of nitrogens with one attached hydrogen (secondary N) is 2. The topological polar surface area (TPSA) is 58.2 Å². The molecule has 0 saturated carbocycles. The van der Waals surface area contributed by atoms with E-state index in [0.717, 1.165) is 5.56 Å². The summed E-state index contributed by atoms with van der Waals surface area (Å²) in [5.74, 6) is -0.544. The largest absolute Gasteiger partial charge is 0.343 e. The third kappa shape index (κ3) is 1.68. The van der Waals surface area contributed by atoms with Gasteiger partial charge in [-0.3, -0.25) is 9.59 Å². The highest BCUT2D eigenvalue weighted by atomic mass is 35.5. The molecule has 0 unspecified atom stereocenters. The summed E-state index contributed by atoms with van der Waals surface area (Å²) in [5, 5.41) is 5.49. The fourth-order valence-corrected chi connectivity index (χ4v) is 1.73. The van der Waals surface area contributed by atoms with Crippen molar-refractivity contribution >= 4 is 29.1 Å². The molecule has 0 bridgehead atoms. The number of benzene rings is 1.